The number of esters is 1. The Labute approximate surface area is 128 Å². The molecule has 0 aliphatic heterocycles. The van der Waals surface area contributed by atoms with Gasteiger partial charge in [0.25, 0.3) is 0 Å². The van der Waals surface area contributed by atoms with E-state index in [1.165, 1.54) is 21.0 Å². The molecule has 0 bridgehead atoms. The van der Waals surface area contributed by atoms with Gasteiger partial charge in [0.2, 0.25) is 5.91 Å². The number of benzene rings is 2. The molecule has 2 aromatic rings. The molecule has 0 heterocycles. The van der Waals surface area contributed by atoms with Gasteiger partial charge in [-0.05, 0) is 11.6 Å². The van der Waals surface area contributed by atoms with Crippen LogP contribution in [0.1, 0.15) is 13.8 Å². The van der Waals surface area contributed by atoms with Crippen molar-refractivity contribution in [2.45, 2.75) is 13.8 Å². The molecule has 22 heavy (non-hydrogen) atoms. The summed E-state index contributed by atoms with van der Waals surface area (Å²) in [6.45, 7) is 2.75. The van der Waals surface area contributed by atoms with Crippen molar-refractivity contribution in [1.29, 1.82) is 0 Å². The standard InChI is InChI=1S/C17H17NO4/c1-11(19)18-15-10-16(21-3)17(22-12(2)20)9-14(15)13-7-5-4-6-8-13/h4-10H,1-3H3,(H,18,19). The van der Waals surface area contributed by atoms with Gasteiger partial charge < -0.3 is 14.8 Å². The average Bonchev–Trinajstić information content (AvgIpc) is 2.48. The molecule has 1 N–H and O–H groups in total. The van der Waals surface area contributed by atoms with E-state index in [1.807, 2.05) is 30.3 Å². The zero-order valence-corrected chi connectivity index (χ0v) is 12.7. The summed E-state index contributed by atoms with van der Waals surface area (Å²) in [5.41, 5.74) is 2.22. The van der Waals surface area contributed by atoms with Gasteiger partial charge in [-0.2, -0.15) is 0 Å². The summed E-state index contributed by atoms with van der Waals surface area (Å²) in [6.07, 6.45) is 0. The number of nitrogens with one attached hydrogen (secondary N) is 1. The van der Waals surface area contributed by atoms with Gasteiger partial charge in [0, 0.05) is 25.5 Å². The zero-order valence-electron chi connectivity index (χ0n) is 12.7. The smallest absolute Gasteiger partial charge is 0.308 e. The van der Waals surface area contributed by atoms with Gasteiger partial charge >= 0.3 is 5.97 Å². The molecule has 2 aromatic carbocycles. The van der Waals surface area contributed by atoms with E-state index in [0.29, 0.717) is 17.2 Å². The molecule has 2 rings (SSSR count). The van der Waals surface area contributed by atoms with Crippen LogP contribution in [-0.2, 0) is 9.59 Å². The predicted octanol–water partition coefficient (Wildman–Crippen LogP) is 3.25. The Kier molecular flexibility index (Phi) is 4.78. The first-order valence-electron chi connectivity index (χ1n) is 6.74. The second-order valence-electron chi connectivity index (χ2n) is 4.69. The number of hydrogen-bond acceptors (Lipinski definition) is 4. The van der Waals surface area contributed by atoms with Gasteiger partial charge in [0.1, 0.15) is 0 Å². The molecule has 0 unspecified atom stereocenters. The minimum Gasteiger partial charge on any atom is -0.493 e. The lowest BCUT2D eigenvalue weighted by Gasteiger charge is -2.15. The fourth-order valence-electron chi connectivity index (χ4n) is 2.10. The first kappa shape index (κ1) is 15.6. The number of hydrogen-bond donors (Lipinski definition) is 1. The van der Waals surface area contributed by atoms with E-state index in [1.54, 1.807) is 12.1 Å². The molecule has 0 aromatic heterocycles. The lowest BCUT2D eigenvalue weighted by atomic mass is 10.0. The lowest BCUT2D eigenvalue weighted by molar-refractivity contribution is -0.132. The van der Waals surface area contributed by atoms with E-state index in [4.69, 9.17) is 9.47 Å². The third kappa shape index (κ3) is 3.63. The second-order valence-corrected chi connectivity index (χ2v) is 4.69. The first-order valence-corrected chi connectivity index (χ1v) is 6.74. The summed E-state index contributed by atoms with van der Waals surface area (Å²) in [4.78, 5) is 22.7. The Morgan fingerprint density at radius 3 is 2.23 bits per heavy atom. The van der Waals surface area contributed by atoms with E-state index in [9.17, 15) is 9.59 Å². The number of ether oxygens (including phenoxy) is 2. The van der Waals surface area contributed by atoms with Crippen LogP contribution in [0.3, 0.4) is 0 Å². The van der Waals surface area contributed by atoms with E-state index < -0.39 is 5.97 Å². The number of anilines is 1. The van der Waals surface area contributed by atoms with Gasteiger partial charge in [0.15, 0.2) is 11.5 Å². The Hall–Kier alpha value is -2.82. The fraction of sp³-hybridized carbons (Fsp3) is 0.176. The highest BCUT2D eigenvalue weighted by molar-refractivity contribution is 5.95. The van der Waals surface area contributed by atoms with Gasteiger partial charge in [0.05, 0.1) is 12.8 Å². The van der Waals surface area contributed by atoms with Crippen LogP contribution >= 0.6 is 0 Å². The summed E-state index contributed by atoms with van der Waals surface area (Å²) in [5, 5.41) is 2.77. The van der Waals surface area contributed by atoms with Crippen LogP contribution in [0.15, 0.2) is 42.5 Å². The minimum absolute atomic E-state index is 0.195. The molecule has 5 nitrogen and oxygen atoms in total. The van der Waals surface area contributed by atoms with E-state index >= 15 is 0 Å². The highest BCUT2D eigenvalue weighted by atomic mass is 16.6. The van der Waals surface area contributed by atoms with Crippen LogP contribution in [0.2, 0.25) is 0 Å². The number of methoxy groups -OCH3 is 1. The van der Waals surface area contributed by atoms with Crippen molar-refractivity contribution < 1.29 is 19.1 Å². The van der Waals surface area contributed by atoms with Crippen molar-refractivity contribution in [3.8, 4) is 22.6 Å². The third-order valence-corrected chi connectivity index (χ3v) is 2.95. The van der Waals surface area contributed by atoms with Gasteiger partial charge in [-0.25, -0.2) is 0 Å². The predicted molar refractivity (Wildman–Crippen MR) is 84.0 cm³/mol. The number of rotatable bonds is 4. The molecule has 0 fully saturated rings. The van der Waals surface area contributed by atoms with Gasteiger partial charge in [-0.3, -0.25) is 9.59 Å². The van der Waals surface area contributed by atoms with Gasteiger partial charge in [-0.1, -0.05) is 30.3 Å². The molecule has 0 aliphatic rings. The molecular formula is C17H17NO4. The Morgan fingerprint density at radius 2 is 1.68 bits per heavy atom. The average molecular weight is 299 g/mol. The highest BCUT2D eigenvalue weighted by Gasteiger charge is 2.15. The van der Waals surface area contributed by atoms with Crippen LogP contribution in [0, 0.1) is 0 Å². The molecule has 0 saturated carbocycles. The number of amides is 1. The molecule has 0 atom stereocenters. The summed E-state index contributed by atoms with van der Waals surface area (Å²) >= 11 is 0. The maximum absolute atomic E-state index is 11.4. The topological polar surface area (TPSA) is 64.6 Å². The van der Waals surface area contributed by atoms with E-state index in [0.717, 1.165) is 11.1 Å². The third-order valence-electron chi connectivity index (χ3n) is 2.95. The molecule has 0 spiro atoms. The van der Waals surface area contributed by atoms with Gasteiger partial charge in [-0.15, -0.1) is 0 Å². The highest BCUT2D eigenvalue weighted by Crippen LogP contribution is 2.39. The van der Waals surface area contributed by atoms with Crippen molar-refractivity contribution in [2.24, 2.45) is 0 Å². The van der Waals surface area contributed by atoms with Crippen LogP contribution < -0.4 is 14.8 Å². The maximum Gasteiger partial charge on any atom is 0.308 e. The summed E-state index contributed by atoms with van der Waals surface area (Å²) < 4.78 is 10.4. The number of carbonyl (C=O) groups excluding carboxylic acids is 2. The Balaban J connectivity index is 2.61. The fourth-order valence-corrected chi connectivity index (χ4v) is 2.10. The quantitative estimate of drug-likeness (QED) is 0.695. The molecule has 1 amide bonds. The first-order chi connectivity index (χ1) is 10.5. The molecular weight excluding hydrogens is 282 g/mol. The lowest BCUT2D eigenvalue weighted by Crippen LogP contribution is -2.09. The monoisotopic (exact) mass is 299 g/mol. The number of carbonyl (C=O) groups is 2. The van der Waals surface area contributed by atoms with Crippen molar-refractivity contribution in [1.82, 2.24) is 0 Å². The van der Waals surface area contributed by atoms with Crippen molar-refractivity contribution >= 4 is 17.6 Å². The largest absolute Gasteiger partial charge is 0.493 e. The van der Waals surface area contributed by atoms with Crippen molar-refractivity contribution in [2.75, 3.05) is 12.4 Å². The van der Waals surface area contributed by atoms with Crippen molar-refractivity contribution in [3.05, 3.63) is 42.5 Å². The summed E-state index contributed by atoms with van der Waals surface area (Å²) in [7, 11) is 1.47. The van der Waals surface area contributed by atoms with E-state index in [-0.39, 0.29) is 5.91 Å². The summed E-state index contributed by atoms with van der Waals surface area (Å²) in [5.74, 6) is 0.0469. The van der Waals surface area contributed by atoms with Crippen LogP contribution in [0.25, 0.3) is 11.1 Å². The second kappa shape index (κ2) is 6.76. The van der Waals surface area contributed by atoms with Crippen molar-refractivity contribution in [3.63, 3.8) is 0 Å². The molecule has 0 radical (unpaired) electrons. The zero-order chi connectivity index (χ0) is 16.1. The Morgan fingerprint density at radius 1 is 1.00 bits per heavy atom. The van der Waals surface area contributed by atoms with E-state index in [2.05, 4.69) is 5.32 Å². The normalized spacial score (nSPS) is 9.95. The van der Waals surface area contributed by atoms with Crippen LogP contribution in [0.5, 0.6) is 11.5 Å². The molecule has 0 saturated heterocycles. The SMILES string of the molecule is COc1cc(NC(C)=O)c(-c2ccccc2)cc1OC(C)=O. The maximum atomic E-state index is 11.4. The molecule has 5 heteroatoms. The Bertz CT molecular complexity index is 695. The summed E-state index contributed by atoms with van der Waals surface area (Å²) in [6, 6.07) is 12.8. The molecule has 0 aliphatic carbocycles. The van der Waals surface area contributed by atoms with Crippen LogP contribution in [0.4, 0.5) is 5.69 Å². The minimum atomic E-state index is -0.440. The molecule has 114 valence electrons. The van der Waals surface area contributed by atoms with Crippen LogP contribution in [-0.4, -0.2) is 19.0 Å².